The number of nitrogens with zero attached hydrogens (tertiary/aromatic N) is 1. The van der Waals surface area contributed by atoms with Crippen LogP contribution in [0.2, 0.25) is 0 Å². The van der Waals surface area contributed by atoms with E-state index in [0.29, 0.717) is 16.0 Å². The number of carbonyl (C=O) groups excluding carboxylic acids is 1. The highest BCUT2D eigenvalue weighted by atomic mass is 79.9. The van der Waals surface area contributed by atoms with E-state index in [0.717, 1.165) is 26.1 Å². The maximum Gasteiger partial charge on any atom is 0.253 e. The van der Waals surface area contributed by atoms with Gasteiger partial charge in [0.2, 0.25) is 0 Å². The summed E-state index contributed by atoms with van der Waals surface area (Å²) >= 11 is 3.21. The molecule has 0 aliphatic carbocycles. The van der Waals surface area contributed by atoms with E-state index < -0.39 is 0 Å². The monoisotopic (exact) mass is 312 g/mol. The quantitative estimate of drug-likeness (QED) is 0.895. The third kappa shape index (κ3) is 2.84. The Morgan fingerprint density at radius 2 is 2.39 bits per heavy atom. The molecule has 5 heteroatoms. The first-order valence-corrected chi connectivity index (χ1v) is 6.83. The molecule has 1 unspecified atom stereocenters. The minimum atomic E-state index is -0.00333. The summed E-state index contributed by atoms with van der Waals surface area (Å²) in [5, 5.41) is 12.7. The molecule has 1 aliphatic rings. The number of carbonyl (C=O) groups is 1. The minimum absolute atomic E-state index is 0.00333. The van der Waals surface area contributed by atoms with Gasteiger partial charge in [0.05, 0.1) is 4.47 Å². The fraction of sp³-hybridized carbons (Fsp3) is 0.462. The predicted molar refractivity (Wildman–Crippen MR) is 73.7 cm³/mol. The van der Waals surface area contributed by atoms with Crippen molar-refractivity contribution in [3.8, 4) is 5.75 Å². The molecule has 2 N–H and O–H groups in total. The Hall–Kier alpha value is -1.07. The van der Waals surface area contributed by atoms with Crippen molar-refractivity contribution in [2.24, 2.45) is 5.92 Å². The lowest BCUT2D eigenvalue weighted by Gasteiger charge is -2.17. The molecule has 0 aromatic heterocycles. The van der Waals surface area contributed by atoms with Crippen LogP contribution in [0.5, 0.6) is 5.75 Å². The number of likely N-dealkylation sites (tertiary alicyclic amines) is 1. The number of nitrogens with one attached hydrogen (secondary N) is 1. The van der Waals surface area contributed by atoms with Crippen LogP contribution in [0.1, 0.15) is 16.8 Å². The second kappa shape index (κ2) is 5.71. The van der Waals surface area contributed by atoms with E-state index >= 15 is 0 Å². The highest BCUT2D eigenvalue weighted by Crippen LogP contribution is 2.26. The van der Waals surface area contributed by atoms with E-state index in [4.69, 9.17) is 0 Å². The van der Waals surface area contributed by atoms with Crippen molar-refractivity contribution >= 4 is 21.8 Å². The first-order chi connectivity index (χ1) is 8.61. The molecule has 1 atom stereocenters. The van der Waals surface area contributed by atoms with Gasteiger partial charge in [0, 0.05) is 18.7 Å². The zero-order chi connectivity index (χ0) is 13.1. The van der Waals surface area contributed by atoms with Crippen LogP contribution >= 0.6 is 15.9 Å². The number of halogens is 1. The summed E-state index contributed by atoms with van der Waals surface area (Å²) in [6.45, 7) is 2.52. The van der Waals surface area contributed by atoms with Crippen LogP contribution in [0.25, 0.3) is 0 Å². The average molecular weight is 313 g/mol. The average Bonchev–Trinajstić information content (AvgIpc) is 2.81. The van der Waals surface area contributed by atoms with Gasteiger partial charge in [-0.05, 0) is 60.1 Å². The molecule has 2 rings (SSSR count). The molecule has 0 spiro atoms. The lowest BCUT2D eigenvalue weighted by Crippen LogP contribution is -2.30. The van der Waals surface area contributed by atoms with Crippen LogP contribution in [0.15, 0.2) is 22.7 Å². The molecule has 1 aromatic carbocycles. The molecule has 0 radical (unpaired) electrons. The number of amides is 1. The standard InChI is InChI=1S/C13H17BrN2O2/c1-15-7-9-4-5-16(8-9)13(18)10-2-3-11(14)12(17)6-10/h2-3,6,9,15,17H,4-5,7-8H2,1H3. The molecule has 1 saturated heterocycles. The molecular formula is C13H17BrN2O2. The maximum absolute atomic E-state index is 12.2. The normalized spacial score (nSPS) is 19.2. The summed E-state index contributed by atoms with van der Waals surface area (Å²) in [7, 11) is 1.93. The zero-order valence-electron chi connectivity index (χ0n) is 10.3. The van der Waals surface area contributed by atoms with Crippen molar-refractivity contribution in [3.63, 3.8) is 0 Å². The van der Waals surface area contributed by atoms with Crippen molar-refractivity contribution in [1.82, 2.24) is 10.2 Å². The Bertz CT molecular complexity index is 451. The number of hydrogen-bond donors (Lipinski definition) is 2. The first-order valence-electron chi connectivity index (χ1n) is 6.04. The van der Waals surface area contributed by atoms with Crippen molar-refractivity contribution in [2.75, 3.05) is 26.7 Å². The summed E-state index contributed by atoms with van der Waals surface area (Å²) < 4.78 is 0.605. The lowest BCUT2D eigenvalue weighted by atomic mass is 10.1. The summed E-state index contributed by atoms with van der Waals surface area (Å²) in [4.78, 5) is 14.1. The SMILES string of the molecule is CNCC1CCN(C(=O)c2ccc(Br)c(O)c2)C1. The van der Waals surface area contributed by atoms with Gasteiger partial charge in [-0.2, -0.15) is 0 Å². The molecule has 1 heterocycles. The van der Waals surface area contributed by atoms with Gasteiger partial charge in [-0.1, -0.05) is 0 Å². The Morgan fingerprint density at radius 3 is 3.06 bits per heavy atom. The fourth-order valence-electron chi connectivity index (χ4n) is 2.30. The van der Waals surface area contributed by atoms with Crippen LogP contribution in [0, 0.1) is 5.92 Å². The fourth-order valence-corrected chi connectivity index (χ4v) is 2.55. The molecular weight excluding hydrogens is 296 g/mol. The lowest BCUT2D eigenvalue weighted by molar-refractivity contribution is 0.0787. The molecule has 1 aromatic rings. The van der Waals surface area contributed by atoms with Gasteiger partial charge in [-0.3, -0.25) is 4.79 Å². The van der Waals surface area contributed by atoms with E-state index in [9.17, 15) is 9.90 Å². The minimum Gasteiger partial charge on any atom is -0.507 e. The highest BCUT2D eigenvalue weighted by Gasteiger charge is 2.26. The number of phenolic OH excluding ortho intramolecular Hbond substituents is 1. The maximum atomic E-state index is 12.2. The first kappa shape index (κ1) is 13.4. The van der Waals surface area contributed by atoms with Crippen LogP contribution in [0.4, 0.5) is 0 Å². The van der Waals surface area contributed by atoms with E-state index in [1.54, 1.807) is 12.1 Å². The number of hydrogen-bond acceptors (Lipinski definition) is 3. The number of phenols is 1. The smallest absolute Gasteiger partial charge is 0.253 e. The van der Waals surface area contributed by atoms with Crippen LogP contribution in [0.3, 0.4) is 0 Å². The Balaban J connectivity index is 2.05. The largest absolute Gasteiger partial charge is 0.507 e. The van der Waals surface area contributed by atoms with Crippen LogP contribution in [-0.2, 0) is 0 Å². The highest BCUT2D eigenvalue weighted by molar-refractivity contribution is 9.10. The van der Waals surface area contributed by atoms with Gasteiger partial charge in [0.1, 0.15) is 5.75 Å². The molecule has 0 bridgehead atoms. The van der Waals surface area contributed by atoms with E-state index in [2.05, 4.69) is 21.2 Å². The molecule has 98 valence electrons. The molecule has 1 fully saturated rings. The van der Waals surface area contributed by atoms with Gasteiger partial charge in [0.25, 0.3) is 5.91 Å². The summed E-state index contributed by atoms with van der Waals surface area (Å²) in [5.74, 6) is 0.631. The van der Waals surface area contributed by atoms with Crippen LogP contribution in [-0.4, -0.2) is 42.6 Å². The summed E-state index contributed by atoms with van der Waals surface area (Å²) in [6.07, 6.45) is 1.04. The second-order valence-corrected chi connectivity index (χ2v) is 5.48. The summed E-state index contributed by atoms with van der Waals surface area (Å²) in [5.41, 5.74) is 0.542. The molecule has 18 heavy (non-hydrogen) atoms. The molecule has 4 nitrogen and oxygen atoms in total. The van der Waals surface area contributed by atoms with E-state index in [1.807, 2.05) is 11.9 Å². The topological polar surface area (TPSA) is 52.6 Å². The van der Waals surface area contributed by atoms with Gasteiger partial charge < -0.3 is 15.3 Å². The van der Waals surface area contributed by atoms with Crippen LogP contribution < -0.4 is 5.32 Å². The van der Waals surface area contributed by atoms with E-state index in [1.165, 1.54) is 6.07 Å². The Morgan fingerprint density at radius 1 is 1.61 bits per heavy atom. The Labute approximate surface area is 115 Å². The summed E-state index contributed by atoms with van der Waals surface area (Å²) in [6, 6.07) is 4.94. The number of benzene rings is 1. The molecule has 1 amide bonds. The predicted octanol–water partition coefficient (Wildman–Crippen LogP) is 1.84. The van der Waals surface area contributed by atoms with E-state index in [-0.39, 0.29) is 11.7 Å². The number of aromatic hydroxyl groups is 1. The van der Waals surface area contributed by atoms with Crippen molar-refractivity contribution in [3.05, 3.63) is 28.2 Å². The molecule has 0 saturated carbocycles. The number of rotatable bonds is 3. The zero-order valence-corrected chi connectivity index (χ0v) is 11.9. The van der Waals surface area contributed by atoms with Gasteiger partial charge in [-0.15, -0.1) is 0 Å². The Kier molecular flexibility index (Phi) is 4.24. The van der Waals surface area contributed by atoms with Gasteiger partial charge >= 0.3 is 0 Å². The third-order valence-electron chi connectivity index (χ3n) is 3.26. The van der Waals surface area contributed by atoms with Crippen molar-refractivity contribution < 1.29 is 9.90 Å². The second-order valence-electron chi connectivity index (χ2n) is 4.63. The third-order valence-corrected chi connectivity index (χ3v) is 3.93. The van der Waals surface area contributed by atoms with Crippen molar-refractivity contribution in [2.45, 2.75) is 6.42 Å². The molecule has 1 aliphatic heterocycles. The van der Waals surface area contributed by atoms with Gasteiger partial charge in [0.15, 0.2) is 0 Å². The van der Waals surface area contributed by atoms with Crippen molar-refractivity contribution in [1.29, 1.82) is 0 Å². The van der Waals surface area contributed by atoms with Gasteiger partial charge in [-0.25, -0.2) is 0 Å².